The second-order valence-corrected chi connectivity index (χ2v) is 9.53. The predicted octanol–water partition coefficient (Wildman–Crippen LogP) is 3.71. The fraction of sp³-hybridized carbons (Fsp3) is 0.300. The van der Waals surface area contributed by atoms with Crippen molar-refractivity contribution in [1.29, 1.82) is 5.26 Å². The third-order valence-corrected chi connectivity index (χ3v) is 6.68. The molecular formula is C30H32N6O3. The van der Waals surface area contributed by atoms with Crippen LogP contribution in [0.1, 0.15) is 44.2 Å². The van der Waals surface area contributed by atoms with Gasteiger partial charge in [-0.1, -0.05) is 19.9 Å². The SMILES string of the molecule is CCCN(CCC)C(=O)C1=Cc2c(C#N)cc(-c3ccc4c(=O)n(CC(=O)NC)ccc4c3)cc2N=C(N)C1. The van der Waals surface area contributed by atoms with Crippen molar-refractivity contribution in [3.05, 3.63) is 69.6 Å². The van der Waals surface area contributed by atoms with Gasteiger partial charge >= 0.3 is 0 Å². The number of nitrogens with one attached hydrogen (secondary N) is 1. The largest absolute Gasteiger partial charge is 0.387 e. The van der Waals surface area contributed by atoms with Crippen LogP contribution in [0.25, 0.3) is 28.0 Å². The number of aliphatic imine (C=N–C) groups is 1. The van der Waals surface area contributed by atoms with E-state index >= 15 is 0 Å². The van der Waals surface area contributed by atoms with Gasteiger partial charge in [0.15, 0.2) is 0 Å². The van der Waals surface area contributed by atoms with Gasteiger partial charge in [-0.15, -0.1) is 0 Å². The third kappa shape index (κ3) is 5.75. The lowest BCUT2D eigenvalue weighted by atomic mass is 9.95. The minimum absolute atomic E-state index is 0.0601. The molecule has 0 unspecified atom stereocenters. The van der Waals surface area contributed by atoms with Crippen molar-refractivity contribution in [3.8, 4) is 17.2 Å². The molecule has 1 aromatic heterocycles. The number of nitriles is 1. The lowest BCUT2D eigenvalue weighted by Gasteiger charge is -2.22. The first-order chi connectivity index (χ1) is 18.8. The minimum Gasteiger partial charge on any atom is -0.387 e. The summed E-state index contributed by atoms with van der Waals surface area (Å²) in [6, 6.07) is 13.0. The van der Waals surface area contributed by atoms with Gasteiger partial charge in [0.1, 0.15) is 12.4 Å². The highest BCUT2D eigenvalue weighted by molar-refractivity contribution is 6.06. The number of nitrogens with zero attached hydrogens (tertiary/aromatic N) is 4. The van der Waals surface area contributed by atoms with Crippen molar-refractivity contribution >= 4 is 40.2 Å². The van der Waals surface area contributed by atoms with Crippen molar-refractivity contribution in [3.63, 3.8) is 0 Å². The monoisotopic (exact) mass is 524 g/mol. The molecule has 2 heterocycles. The van der Waals surface area contributed by atoms with Gasteiger partial charge in [0.2, 0.25) is 11.8 Å². The maximum absolute atomic E-state index is 13.3. The number of aromatic nitrogens is 1. The molecule has 0 saturated heterocycles. The van der Waals surface area contributed by atoms with E-state index in [1.165, 1.54) is 11.6 Å². The molecule has 2 aromatic carbocycles. The standard InChI is InChI=1S/C30H32N6O3/c1-4-9-35(10-5-2)29(38)22-14-25-23(17-31)13-21(15-26(25)34-27(32)16-22)19-6-7-24-20(12-19)8-11-36(30(24)39)18-28(37)33-3/h6-8,11-15H,4-5,9-10,16,18H2,1-3H3,(H2,32,34)(H,33,37). The van der Waals surface area contributed by atoms with Gasteiger partial charge in [0.25, 0.3) is 5.56 Å². The Morgan fingerprint density at radius 3 is 2.54 bits per heavy atom. The summed E-state index contributed by atoms with van der Waals surface area (Å²) in [6.45, 7) is 5.30. The molecule has 1 aliphatic rings. The number of benzene rings is 2. The molecule has 9 nitrogen and oxygen atoms in total. The maximum Gasteiger partial charge on any atom is 0.258 e. The number of amidine groups is 1. The zero-order valence-electron chi connectivity index (χ0n) is 22.5. The van der Waals surface area contributed by atoms with Gasteiger partial charge in [0.05, 0.1) is 17.3 Å². The summed E-state index contributed by atoms with van der Waals surface area (Å²) in [5.41, 5.74) is 9.49. The van der Waals surface area contributed by atoms with E-state index in [9.17, 15) is 19.6 Å². The number of nitrogens with two attached hydrogens (primary N) is 1. The Balaban J connectivity index is 1.77. The molecule has 0 atom stereocenters. The smallest absolute Gasteiger partial charge is 0.258 e. The summed E-state index contributed by atoms with van der Waals surface area (Å²) < 4.78 is 1.36. The summed E-state index contributed by atoms with van der Waals surface area (Å²) in [7, 11) is 1.52. The molecule has 3 N–H and O–H groups in total. The van der Waals surface area contributed by atoms with E-state index < -0.39 is 0 Å². The van der Waals surface area contributed by atoms with Gasteiger partial charge in [-0.3, -0.25) is 14.4 Å². The molecule has 0 fully saturated rings. The summed E-state index contributed by atoms with van der Waals surface area (Å²) in [5.74, 6) is -0.0453. The van der Waals surface area contributed by atoms with Gasteiger partial charge in [-0.05, 0) is 65.8 Å². The number of amides is 2. The first kappa shape index (κ1) is 27.3. The lowest BCUT2D eigenvalue weighted by molar-refractivity contribution is -0.127. The molecule has 1 aliphatic heterocycles. The molecule has 0 aliphatic carbocycles. The molecule has 39 heavy (non-hydrogen) atoms. The van der Waals surface area contributed by atoms with Gasteiger partial charge < -0.3 is 20.5 Å². The van der Waals surface area contributed by atoms with Crippen LogP contribution in [0.3, 0.4) is 0 Å². The molecule has 200 valence electrons. The fourth-order valence-electron chi connectivity index (χ4n) is 4.78. The van der Waals surface area contributed by atoms with Crippen LogP contribution in [0.15, 0.2) is 58.0 Å². The number of likely N-dealkylation sites (N-methyl/N-ethyl adjacent to an activating group) is 1. The van der Waals surface area contributed by atoms with Crippen LogP contribution >= 0.6 is 0 Å². The molecule has 0 bridgehead atoms. The van der Waals surface area contributed by atoms with E-state index in [1.54, 1.807) is 36.5 Å². The Morgan fingerprint density at radius 1 is 1.13 bits per heavy atom. The quantitative estimate of drug-likeness (QED) is 0.463. The molecule has 0 radical (unpaired) electrons. The minimum atomic E-state index is -0.262. The molecular weight excluding hydrogens is 492 g/mol. The first-order valence-electron chi connectivity index (χ1n) is 13.0. The second kappa shape index (κ2) is 11.8. The zero-order valence-corrected chi connectivity index (χ0v) is 22.5. The van der Waals surface area contributed by atoms with Gasteiger partial charge in [0, 0.05) is 49.3 Å². The summed E-state index contributed by atoms with van der Waals surface area (Å²) in [4.78, 5) is 44.4. The maximum atomic E-state index is 13.3. The Hall–Kier alpha value is -4.71. The van der Waals surface area contributed by atoms with Crippen LogP contribution < -0.4 is 16.6 Å². The third-order valence-electron chi connectivity index (χ3n) is 6.68. The Kier molecular flexibility index (Phi) is 8.25. The van der Waals surface area contributed by atoms with Crippen molar-refractivity contribution in [2.45, 2.75) is 39.7 Å². The van der Waals surface area contributed by atoms with E-state index in [1.807, 2.05) is 30.9 Å². The molecule has 2 amide bonds. The van der Waals surface area contributed by atoms with Crippen molar-refractivity contribution < 1.29 is 9.59 Å². The van der Waals surface area contributed by atoms with Gasteiger partial charge in [-0.25, -0.2) is 4.99 Å². The van der Waals surface area contributed by atoms with Crippen LogP contribution in [0.4, 0.5) is 5.69 Å². The van der Waals surface area contributed by atoms with Crippen LogP contribution in [-0.2, 0) is 16.1 Å². The predicted molar refractivity (Wildman–Crippen MR) is 153 cm³/mol. The highest BCUT2D eigenvalue weighted by Gasteiger charge is 2.23. The molecule has 9 heteroatoms. The number of hydrogen-bond donors (Lipinski definition) is 2. The van der Waals surface area contributed by atoms with E-state index in [4.69, 9.17) is 5.73 Å². The Morgan fingerprint density at radius 2 is 1.87 bits per heavy atom. The number of hydrogen-bond acceptors (Lipinski definition) is 6. The Bertz CT molecular complexity index is 1600. The van der Waals surface area contributed by atoms with Gasteiger partial charge in [-0.2, -0.15) is 5.26 Å². The number of carbonyl (C=O) groups is 2. The lowest BCUT2D eigenvalue weighted by Crippen LogP contribution is -2.34. The van der Waals surface area contributed by atoms with Crippen LogP contribution in [0.2, 0.25) is 0 Å². The van der Waals surface area contributed by atoms with Crippen LogP contribution in [-0.4, -0.2) is 47.3 Å². The Labute approximate surface area is 227 Å². The summed E-state index contributed by atoms with van der Waals surface area (Å²) in [5, 5.41) is 13.7. The summed E-state index contributed by atoms with van der Waals surface area (Å²) in [6.07, 6.45) is 5.24. The second-order valence-electron chi connectivity index (χ2n) is 9.53. The van der Waals surface area contributed by atoms with Crippen molar-refractivity contribution in [2.75, 3.05) is 20.1 Å². The van der Waals surface area contributed by atoms with Crippen molar-refractivity contribution in [2.24, 2.45) is 10.7 Å². The molecule has 3 aromatic rings. The van der Waals surface area contributed by atoms with Crippen molar-refractivity contribution in [1.82, 2.24) is 14.8 Å². The first-order valence-corrected chi connectivity index (χ1v) is 13.0. The fourth-order valence-corrected chi connectivity index (χ4v) is 4.78. The topological polar surface area (TPSA) is 134 Å². The van der Waals surface area contributed by atoms with Crippen LogP contribution in [0.5, 0.6) is 0 Å². The van der Waals surface area contributed by atoms with Crippen LogP contribution in [0, 0.1) is 11.3 Å². The number of rotatable bonds is 8. The number of pyridine rings is 1. The van der Waals surface area contributed by atoms with E-state index in [-0.39, 0.29) is 30.3 Å². The van der Waals surface area contributed by atoms with E-state index in [0.717, 1.165) is 24.0 Å². The van der Waals surface area contributed by atoms with E-state index in [0.29, 0.717) is 52.1 Å². The van der Waals surface area contributed by atoms with E-state index in [2.05, 4.69) is 16.4 Å². The molecule has 4 rings (SSSR count). The average Bonchev–Trinajstić information content (AvgIpc) is 3.11. The average molecular weight is 525 g/mol. The summed E-state index contributed by atoms with van der Waals surface area (Å²) >= 11 is 0. The highest BCUT2D eigenvalue weighted by Crippen LogP contribution is 2.35. The zero-order chi connectivity index (χ0) is 28.1. The number of carbonyl (C=O) groups excluding carboxylic acids is 2. The molecule has 0 saturated carbocycles. The highest BCUT2D eigenvalue weighted by atomic mass is 16.2. The molecule has 0 spiro atoms. The number of fused-ring (bicyclic) bond motifs is 2. The normalized spacial score (nSPS) is 12.6.